The second-order valence-corrected chi connectivity index (χ2v) is 6.70. The topological polar surface area (TPSA) is 98.5 Å². The van der Waals surface area contributed by atoms with Crippen LogP contribution in [0, 0.1) is 0 Å². The molecule has 2 amide bonds. The highest BCUT2D eigenvalue weighted by Gasteiger charge is 2.19. The fraction of sp³-hybridized carbons (Fsp3) is 0.286. The smallest absolute Gasteiger partial charge is 0.311 e. The Morgan fingerprint density at radius 2 is 1.78 bits per heavy atom. The van der Waals surface area contributed by atoms with Crippen molar-refractivity contribution in [1.29, 1.82) is 0 Å². The van der Waals surface area contributed by atoms with E-state index in [-0.39, 0.29) is 6.42 Å². The highest BCUT2D eigenvalue weighted by molar-refractivity contribution is 5.96. The average Bonchev–Trinajstić information content (AvgIpc) is 3.09. The van der Waals surface area contributed by atoms with Crippen molar-refractivity contribution < 1.29 is 19.1 Å². The molecule has 1 aliphatic carbocycles. The van der Waals surface area contributed by atoms with Crippen LogP contribution in [0.2, 0.25) is 0 Å². The molecule has 3 rings (SSSR count). The number of hydrogen-bond acceptors (Lipinski definition) is 4. The van der Waals surface area contributed by atoms with Gasteiger partial charge in [0.1, 0.15) is 0 Å². The fourth-order valence-electron chi connectivity index (χ4n) is 3.16. The maximum atomic E-state index is 12.2. The Labute approximate surface area is 157 Å². The average molecular weight is 366 g/mol. The van der Waals surface area contributed by atoms with Crippen LogP contribution < -0.4 is 11.1 Å². The van der Waals surface area contributed by atoms with E-state index in [1.54, 1.807) is 12.1 Å². The second kappa shape index (κ2) is 8.03. The van der Waals surface area contributed by atoms with Gasteiger partial charge in [0.25, 0.3) is 5.91 Å². The molecule has 0 heterocycles. The minimum atomic E-state index is -0.928. The Morgan fingerprint density at radius 3 is 2.48 bits per heavy atom. The van der Waals surface area contributed by atoms with E-state index >= 15 is 0 Å². The Morgan fingerprint density at radius 1 is 1.07 bits per heavy atom. The number of carbonyl (C=O) groups excluding carboxylic acids is 3. The molecule has 2 aromatic rings. The Bertz CT molecular complexity index is 874. The number of fused-ring (bicyclic) bond motifs is 1. The van der Waals surface area contributed by atoms with Crippen LogP contribution in [0.5, 0.6) is 0 Å². The molecular weight excluding hydrogens is 344 g/mol. The molecule has 27 heavy (non-hydrogen) atoms. The Hall–Kier alpha value is -3.15. The van der Waals surface area contributed by atoms with E-state index in [1.807, 2.05) is 6.07 Å². The van der Waals surface area contributed by atoms with Gasteiger partial charge in [-0.3, -0.25) is 14.4 Å². The Kier molecular flexibility index (Phi) is 5.54. The number of amides is 2. The first-order valence-corrected chi connectivity index (χ1v) is 8.93. The van der Waals surface area contributed by atoms with Gasteiger partial charge < -0.3 is 15.8 Å². The van der Waals surface area contributed by atoms with Gasteiger partial charge in [0, 0.05) is 11.3 Å². The third kappa shape index (κ3) is 4.73. The molecule has 3 N–H and O–H groups in total. The summed E-state index contributed by atoms with van der Waals surface area (Å²) in [6.07, 6.45) is 2.50. The summed E-state index contributed by atoms with van der Waals surface area (Å²) in [4.78, 5) is 35.4. The van der Waals surface area contributed by atoms with Gasteiger partial charge in [0.2, 0.25) is 5.91 Å². The number of ether oxygens (including phenoxy) is 1. The molecule has 6 heteroatoms. The van der Waals surface area contributed by atoms with Gasteiger partial charge in [-0.2, -0.15) is 0 Å². The maximum Gasteiger partial charge on any atom is 0.311 e. The number of aryl methyl sites for hydroxylation is 2. The zero-order valence-electron chi connectivity index (χ0n) is 15.2. The lowest BCUT2D eigenvalue weighted by atomic mass is 10.0. The van der Waals surface area contributed by atoms with E-state index < -0.39 is 23.9 Å². The lowest BCUT2D eigenvalue weighted by molar-refractivity contribution is -0.152. The van der Waals surface area contributed by atoms with Crippen LogP contribution in [0.3, 0.4) is 0 Å². The van der Waals surface area contributed by atoms with Crippen molar-refractivity contribution in [2.24, 2.45) is 5.73 Å². The summed E-state index contributed by atoms with van der Waals surface area (Å²) in [6.45, 7) is 1.52. The van der Waals surface area contributed by atoms with Gasteiger partial charge in [0.05, 0.1) is 6.42 Å². The van der Waals surface area contributed by atoms with Crippen LogP contribution in [0.1, 0.15) is 40.4 Å². The van der Waals surface area contributed by atoms with Crippen LogP contribution in [-0.4, -0.2) is 23.9 Å². The third-order valence-corrected chi connectivity index (χ3v) is 4.63. The van der Waals surface area contributed by atoms with Gasteiger partial charge in [0.15, 0.2) is 6.10 Å². The largest absolute Gasteiger partial charge is 0.452 e. The van der Waals surface area contributed by atoms with Crippen LogP contribution in [0.15, 0.2) is 42.5 Å². The van der Waals surface area contributed by atoms with Crippen molar-refractivity contribution in [2.75, 3.05) is 5.32 Å². The number of primary amides is 1. The van der Waals surface area contributed by atoms with E-state index in [4.69, 9.17) is 10.5 Å². The van der Waals surface area contributed by atoms with Crippen molar-refractivity contribution >= 4 is 23.5 Å². The summed E-state index contributed by atoms with van der Waals surface area (Å²) in [5, 5.41) is 2.64. The van der Waals surface area contributed by atoms with Crippen molar-refractivity contribution in [3.63, 3.8) is 0 Å². The first kappa shape index (κ1) is 18.6. The molecule has 0 fully saturated rings. The number of nitrogens with one attached hydrogen (secondary N) is 1. The highest BCUT2D eigenvalue weighted by atomic mass is 16.5. The maximum absolute atomic E-state index is 12.2. The Balaban J connectivity index is 1.52. The van der Waals surface area contributed by atoms with Crippen molar-refractivity contribution in [1.82, 2.24) is 0 Å². The molecule has 140 valence electrons. The van der Waals surface area contributed by atoms with Crippen LogP contribution in [-0.2, 0) is 33.6 Å². The zero-order chi connectivity index (χ0) is 19.4. The lowest BCUT2D eigenvalue weighted by Crippen LogP contribution is -2.30. The molecule has 2 aromatic carbocycles. The third-order valence-electron chi connectivity index (χ3n) is 4.63. The number of benzene rings is 2. The van der Waals surface area contributed by atoms with Crippen molar-refractivity contribution in [2.45, 2.75) is 38.7 Å². The summed E-state index contributed by atoms with van der Waals surface area (Å²) in [5.41, 5.74) is 9.56. The summed E-state index contributed by atoms with van der Waals surface area (Å²) >= 11 is 0. The molecule has 1 aliphatic rings. The van der Waals surface area contributed by atoms with Crippen molar-refractivity contribution in [3.05, 3.63) is 64.7 Å². The molecule has 0 bridgehead atoms. The van der Waals surface area contributed by atoms with E-state index in [1.165, 1.54) is 30.2 Å². The van der Waals surface area contributed by atoms with Crippen LogP contribution in [0.4, 0.5) is 5.69 Å². The monoisotopic (exact) mass is 366 g/mol. The first-order chi connectivity index (χ1) is 12.9. The molecule has 0 aromatic heterocycles. The number of esters is 1. The lowest BCUT2D eigenvalue weighted by Gasteiger charge is -2.14. The molecule has 6 nitrogen and oxygen atoms in total. The fourth-order valence-corrected chi connectivity index (χ4v) is 3.16. The zero-order valence-corrected chi connectivity index (χ0v) is 15.2. The quantitative estimate of drug-likeness (QED) is 0.767. The van der Waals surface area contributed by atoms with Gasteiger partial charge in [-0.1, -0.05) is 18.2 Å². The molecular formula is C21H22N2O4. The number of carbonyl (C=O) groups is 3. The summed E-state index contributed by atoms with van der Waals surface area (Å²) in [6, 6.07) is 12.2. The summed E-state index contributed by atoms with van der Waals surface area (Å²) < 4.78 is 5.24. The predicted octanol–water partition coefficient (Wildman–Crippen LogP) is 2.39. The molecule has 1 atom stereocenters. The molecule has 0 saturated carbocycles. The molecule has 0 aliphatic heterocycles. The highest BCUT2D eigenvalue weighted by Crippen LogP contribution is 2.23. The molecule has 0 unspecified atom stereocenters. The van der Waals surface area contributed by atoms with E-state index in [2.05, 4.69) is 17.4 Å². The van der Waals surface area contributed by atoms with E-state index in [9.17, 15) is 14.4 Å². The van der Waals surface area contributed by atoms with Crippen LogP contribution >= 0.6 is 0 Å². The minimum Gasteiger partial charge on any atom is -0.452 e. The van der Waals surface area contributed by atoms with E-state index in [0.717, 1.165) is 24.8 Å². The molecule has 0 radical (unpaired) electrons. The summed E-state index contributed by atoms with van der Waals surface area (Å²) in [5.74, 6) is -1.43. The standard InChI is InChI=1S/C21H22N2O4/c1-13(21(26)23-18-9-7-16(8-10-18)20(22)25)27-19(24)12-14-5-6-15-3-2-4-17(15)11-14/h5-11,13H,2-4,12H2,1H3,(H2,22,25)(H,23,26)/t13-/m0/s1. The molecule has 0 spiro atoms. The molecule has 0 saturated heterocycles. The normalized spacial score (nSPS) is 13.5. The number of rotatable bonds is 6. The van der Waals surface area contributed by atoms with Gasteiger partial charge >= 0.3 is 5.97 Å². The minimum absolute atomic E-state index is 0.137. The van der Waals surface area contributed by atoms with Crippen molar-refractivity contribution in [3.8, 4) is 0 Å². The summed E-state index contributed by atoms with van der Waals surface area (Å²) in [7, 11) is 0. The predicted molar refractivity (Wildman–Crippen MR) is 101 cm³/mol. The van der Waals surface area contributed by atoms with Gasteiger partial charge in [-0.25, -0.2) is 0 Å². The second-order valence-electron chi connectivity index (χ2n) is 6.70. The SMILES string of the molecule is C[C@H](OC(=O)Cc1ccc2c(c1)CCC2)C(=O)Nc1ccc(C(N)=O)cc1. The number of hydrogen-bond donors (Lipinski definition) is 2. The number of nitrogens with two attached hydrogens (primary N) is 1. The van der Waals surface area contributed by atoms with Crippen LogP contribution in [0.25, 0.3) is 0 Å². The van der Waals surface area contributed by atoms with Gasteiger partial charge in [-0.05, 0) is 67.1 Å². The first-order valence-electron chi connectivity index (χ1n) is 8.93. The number of anilines is 1. The van der Waals surface area contributed by atoms with Gasteiger partial charge in [-0.15, -0.1) is 0 Å². The van der Waals surface area contributed by atoms with E-state index in [0.29, 0.717) is 11.3 Å².